The number of benzene rings is 2. The quantitative estimate of drug-likeness (QED) is 0.635. The lowest BCUT2D eigenvalue weighted by atomic mass is 9.95. The van der Waals surface area contributed by atoms with E-state index < -0.39 is 0 Å². The number of hydrogen-bond acceptors (Lipinski definition) is 4. The Bertz CT molecular complexity index is 944. The molecule has 160 valence electrons. The predicted octanol–water partition coefficient (Wildman–Crippen LogP) is 4.12. The highest BCUT2D eigenvalue weighted by atomic mass is 16.6. The van der Waals surface area contributed by atoms with Crippen LogP contribution in [-0.2, 0) is 22.7 Å². The van der Waals surface area contributed by atoms with Crippen LogP contribution in [-0.4, -0.2) is 41.4 Å². The van der Waals surface area contributed by atoms with E-state index in [1.54, 1.807) is 28.0 Å². The topological polar surface area (TPSA) is 73.6 Å². The Morgan fingerprint density at radius 2 is 1.84 bits per heavy atom. The van der Waals surface area contributed by atoms with Crippen LogP contribution in [0, 0.1) is 17.2 Å². The summed E-state index contributed by atoms with van der Waals surface area (Å²) in [6, 6.07) is 19.0. The summed E-state index contributed by atoms with van der Waals surface area (Å²) >= 11 is 0. The molecule has 1 heterocycles. The van der Waals surface area contributed by atoms with Crippen molar-refractivity contribution < 1.29 is 14.3 Å². The minimum atomic E-state index is -0.342. The maximum atomic E-state index is 13.1. The standard InChI is InChI=1S/C25H27N3O3/c1-2-13-28(18-22-10-6-9-21(16-22)17-26)24(29)23-11-14-27(15-12-23)25(30)31-19-20-7-4-3-5-8-20/h2-10,16,23H,1,11-15,18-19H2. The second-order valence-electron chi connectivity index (χ2n) is 7.62. The number of amides is 2. The molecule has 31 heavy (non-hydrogen) atoms. The molecule has 6 nitrogen and oxygen atoms in total. The Kier molecular flexibility index (Phi) is 7.83. The van der Waals surface area contributed by atoms with Gasteiger partial charge in [-0.25, -0.2) is 4.79 Å². The molecule has 0 aliphatic carbocycles. The van der Waals surface area contributed by atoms with Crippen molar-refractivity contribution >= 4 is 12.0 Å². The third kappa shape index (κ3) is 6.19. The number of nitrogens with zero attached hydrogens (tertiary/aromatic N) is 3. The first kappa shape index (κ1) is 22.1. The monoisotopic (exact) mass is 417 g/mol. The molecule has 1 aliphatic rings. The maximum absolute atomic E-state index is 13.1. The molecule has 1 aliphatic heterocycles. The molecule has 2 amide bonds. The summed E-state index contributed by atoms with van der Waals surface area (Å²) in [4.78, 5) is 28.9. The van der Waals surface area contributed by atoms with Crippen molar-refractivity contribution in [2.75, 3.05) is 19.6 Å². The number of rotatable bonds is 7. The van der Waals surface area contributed by atoms with Gasteiger partial charge in [-0.2, -0.15) is 5.26 Å². The van der Waals surface area contributed by atoms with Gasteiger partial charge in [0.1, 0.15) is 6.61 Å². The number of ether oxygens (including phenoxy) is 1. The van der Waals surface area contributed by atoms with Crippen molar-refractivity contribution in [3.8, 4) is 6.07 Å². The molecular formula is C25H27N3O3. The van der Waals surface area contributed by atoms with Gasteiger partial charge >= 0.3 is 6.09 Å². The molecule has 0 unspecified atom stereocenters. The molecular weight excluding hydrogens is 390 g/mol. The van der Waals surface area contributed by atoms with E-state index in [1.165, 1.54) is 0 Å². The fourth-order valence-electron chi connectivity index (χ4n) is 3.73. The lowest BCUT2D eigenvalue weighted by molar-refractivity contribution is -0.137. The van der Waals surface area contributed by atoms with E-state index in [-0.39, 0.29) is 24.5 Å². The molecule has 0 radical (unpaired) electrons. The molecule has 1 saturated heterocycles. The summed E-state index contributed by atoms with van der Waals surface area (Å²) in [5, 5.41) is 9.10. The van der Waals surface area contributed by atoms with Crippen molar-refractivity contribution in [3.63, 3.8) is 0 Å². The molecule has 0 atom stereocenters. The molecule has 0 aromatic heterocycles. The van der Waals surface area contributed by atoms with Crippen LogP contribution in [0.1, 0.15) is 29.5 Å². The Hall–Kier alpha value is -3.59. The minimum Gasteiger partial charge on any atom is -0.445 e. The summed E-state index contributed by atoms with van der Waals surface area (Å²) in [5.41, 5.74) is 2.43. The number of carbonyl (C=O) groups excluding carboxylic acids is 2. The molecule has 3 rings (SSSR count). The zero-order chi connectivity index (χ0) is 22.1. The molecule has 1 fully saturated rings. The predicted molar refractivity (Wildman–Crippen MR) is 118 cm³/mol. The summed E-state index contributed by atoms with van der Waals surface area (Å²) < 4.78 is 5.40. The van der Waals surface area contributed by atoms with Crippen LogP contribution in [0.5, 0.6) is 0 Å². The molecule has 0 N–H and O–H groups in total. The average molecular weight is 418 g/mol. The van der Waals surface area contributed by atoms with E-state index in [4.69, 9.17) is 10.00 Å². The van der Waals surface area contributed by atoms with E-state index in [9.17, 15) is 9.59 Å². The Balaban J connectivity index is 1.52. The van der Waals surface area contributed by atoms with Gasteiger partial charge in [-0.05, 0) is 36.1 Å². The van der Waals surface area contributed by atoms with Crippen molar-refractivity contribution in [3.05, 3.63) is 83.9 Å². The number of likely N-dealkylation sites (tertiary alicyclic amines) is 1. The summed E-state index contributed by atoms with van der Waals surface area (Å²) in [7, 11) is 0. The minimum absolute atomic E-state index is 0.0552. The van der Waals surface area contributed by atoms with Gasteiger partial charge in [-0.15, -0.1) is 6.58 Å². The van der Waals surface area contributed by atoms with E-state index in [0.717, 1.165) is 11.1 Å². The summed E-state index contributed by atoms with van der Waals surface area (Å²) in [6.07, 6.45) is 2.57. The average Bonchev–Trinajstić information content (AvgIpc) is 2.82. The fourth-order valence-corrected chi connectivity index (χ4v) is 3.73. The van der Waals surface area contributed by atoms with Gasteiger partial charge in [0.25, 0.3) is 0 Å². The fraction of sp³-hybridized carbons (Fsp3) is 0.320. The Labute approximate surface area is 183 Å². The second-order valence-corrected chi connectivity index (χ2v) is 7.62. The van der Waals surface area contributed by atoms with Crippen molar-refractivity contribution in [1.29, 1.82) is 5.26 Å². The Morgan fingerprint density at radius 1 is 1.13 bits per heavy atom. The second kappa shape index (κ2) is 11.0. The lowest BCUT2D eigenvalue weighted by Gasteiger charge is -2.33. The van der Waals surface area contributed by atoms with Crippen molar-refractivity contribution in [1.82, 2.24) is 9.80 Å². The van der Waals surface area contributed by atoms with E-state index in [1.807, 2.05) is 42.5 Å². The van der Waals surface area contributed by atoms with Gasteiger partial charge in [0.15, 0.2) is 0 Å². The normalized spacial score (nSPS) is 13.8. The zero-order valence-corrected chi connectivity index (χ0v) is 17.6. The number of hydrogen-bond donors (Lipinski definition) is 0. The molecule has 2 aromatic rings. The van der Waals surface area contributed by atoms with Crippen LogP contribution in [0.4, 0.5) is 4.79 Å². The summed E-state index contributed by atoms with van der Waals surface area (Å²) in [5.74, 6) is -0.0863. The van der Waals surface area contributed by atoms with Crippen LogP contribution in [0.25, 0.3) is 0 Å². The largest absolute Gasteiger partial charge is 0.445 e. The zero-order valence-electron chi connectivity index (χ0n) is 17.6. The highest BCUT2D eigenvalue weighted by Crippen LogP contribution is 2.22. The van der Waals surface area contributed by atoms with Gasteiger partial charge in [0.2, 0.25) is 5.91 Å². The molecule has 0 spiro atoms. The van der Waals surface area contributed by atoms with Crippen LogP contribution < -0.4 is 0 Å². The van der Waals surface area contributed by atoms with Gasteiger partial charge < -0.3 is 14.5 Å². The van der Waals surface area contributed by atoms with E-state index >= 15 is 0 Å². The van der Waals surface area contributed by atoms with E-state index in [0.29, 0.717) is 44.6 Å². The van der Waals surface area contributed by atoms with Crippen LogP contribution in [0.15, 0.2) is 67.3 Å². The van der Waals surface area contributed by atoms with Crippen LogP contribution in [0.3, 0.4) is 0 Å². The smallest absolute Gasteiger partial charge is 0.410 e. The van der Waals surface area contributed by atoms with Gasteiger partial charge in [-0.3, -0.25) is 4.79 Å². The van der Waals surface area contributed by atoms with Crippen LogP contribution >= 0.6 is 0 Å². The van der Waals surface area contributed by atoms with E-state index in [2.05, 4.69) is 12.6 Å². The molecule has 6 heteroatoms. The first-order valence-corrected chi connectivity index (χ1v) is 10.4. The van der Waals surface area contributed by atoms with Gasteiger partial charge in [-0.1, -0.05) is 48.5 Å². The van der Waals surface area contributed by atoms with Gasteiger partial charge in [0, 0.05) is 32.1 Å². The Morgan fingerprint density at radius 3 is 2.52 bits per heavy atom. The highest BCUT2D eigenvalue weighted by molar-refractivity contribution is 5.79. The van der Waals surface area contributed by atoms with Crippen molar-refractivity contribution in [2.24, 2.45) is 5.92 Å². The third-order valence-corrected chi connectivity index (χ3v) is 5.40. The highest BCUT2D eigenvalue weighted by Gasteiger charge is 2.30. The SMILES string of the molecule is C=CCN(Cc1cccc(C#N)c1)C(=O)C1CCN(C(=O)OCc2ccccc2)CC1. The van der Waals surface area contributed by atoms with Crippen LogP contribution in [0.2, 0.25) is 0 Å². The first-order valence-electron chi connectivity index (χ1n) is 10.4. The number of carbonyl (C=O) groups is 2. The lowest BCUT2D eigenvalue weighted by Crippen LogP contribution is -2.44. The number of piperidine rings is 1. The molecule has 2 aromatic carbocycles. The maximum Gasteiger partial charge on any atom is 0.410 e. The molecule has 0 bridgehead atoms. The molecule has 0 saturated carbocycles. The van der Waals surface area contributed by atoms with Crippen molar-refractivity contribution in [2.45, 2.75) is 26.0 Å². The third-order valence-electron chi connectivity index (χ3n) is 5.40. The number of nitriles is 1. The van der Waals surface area contributed by atoms with Gasteiger partial charge in [0.05, 0.1) is 11.6 Å². The first-order chi connectivity index (χ1) is 15.1. The summed E-state index contributed by atoms with van der Waals surface area (Å²) in [6.45, 7) is 5.87.